The van der Waals surface area contributed by atoms with E-state index in [-0.39, 0.29) is 10.8 Å². The monoisotopic (exact) mass is 814 g/mol. The highest BCUT2D eigenvalue weighted by Gasteiger charge is 2.27. The molecule has 9 rings (SSSR count). The Labute approximate surface area is 368 Å². The first-order valence-corrected chi connectivity index (χ1v) is 22.3. The number of aryl methyl sites for hydroxylation is 8. The Morgan fingerprint density at radius 2 is 0.919 bits per heavy atom. The summed E-state index contributed by atoms with van der Waals surface area (Å²) in [7, 11) is 0. The molecule has 0 unspecified atom stereocenters. The van der Waals surface area contributed by atoms with Crippen molar-refractivity contribution >= 4 is 55.6 Å². The predicted molar refractivity (Wildman–Crippen MR) is 268 cm³/mol. The van der Waals surface area contributed by atoms with Crippen LogP contribution >= 0.6 is 0 Å². The molecule has 0 radical (unpaired) electrons. The molecule has 4 heteroatoms. The molecule has 2 aliphatic heterocycles. The van der Waals surface area contributed by atoms with Crippen molar-refractivity contribution in [2.24, 2.45) is 0 Å². The first-order valence-electron chi connectivity index (χ1n) is 22.3. The first-order chi connectivity index (χ1) is 29.3. The molecule has 2 aliphatic rings. The fourth-order valence-electron chi connectivity index (χ4n) is 10.7. The van der Waals surface area contributed by atoms with Gasteiger partial charge in [-0.2, -0.15) is 0 Å². The number of rotatable bonds is 4. The van der Waals surface area contributed by atoms with E-state index in [1.807, 2.05) is 0 Å². The Morgan fingerprint density at radius 1 is 0.419 bits per heavy atom. The average Bonchev–Trinajstić information content (AvgIpc) is 3.51. The van der Waals surface area contributed by atoms with Crippen molar-refractivity contribution in [3.8, 4) is 17.1 Å². The lowest BCUT2D eigenvalue weighted by Crippen LogP contribution is -2.26. The van der Waals surface area contributed by atoms with E-state index in [0.29, 0.717) is 0 Å². The van der Waals surface area contributed by atoms with Crippen LogP contribution in [0.25, 0.3) is 67.0 Å². The van der Waals surface area contributed by atoms with E-state index < -0.39 is 0 Å². The van der Waals surface area contributed by atoms with Gasteiger partial charge >= 0.3 is 0 Å². The van der Waals surface area contributed by atoms with Crippen LogP contribution in [-0.4, -0.2) is 13.7 Å². The summed E-state index contributed by atoms with van der Waals surface area (Å²) < 4.78 is 7.63. The number of anilines is 1. The molecule has 1 N–H and O–H groups in total. The number of aromatic nitrogens is 3. The van der Waals surface area contributed by atoms with Crippen molar-refractivity contribution in [1.82, 2.24) is 13.7 Å². The average molecular weight is 815 g/mol. The van der Waals surface area contributed by atoms with Crippen molar-refractivity contribution in [2.45, 2.75) is 108 Å². The van der Waals surface area contributed by atoms with Gasteiger partial charge in [-0.15, -0.1) is 0 Å². The van der Waals surface area contributed by atoms with Crippen molar-refractivity contribution in [3.63, 3.8) is 0 Å². The van der Waals surface area contributed by atoms with E-state index in [1.54, 1.807) is 0 Å². The largest absolute Gasteiger partial charge is 0.359 e. The van der Waals surface area contributed by atoms with Crippen LogP contribution in [0.2, 0.25) is 0 Å². The summed E-state index contributed by atoms with van der Waals surface area (Å²) in [5.41, 5.74) is 23.1. The molecule has 1 aromatic heterocycles. The normalized spacial score (nSPS) is 12.8. The maximum absolute atomic E-state index is 3.88. The SMILES string of the molecule is Cc1cc(C)c(N/C=c2/cc(C)c(C(C)(C)C)cc3cc(-n4c5ccccc5c5ccccc54)cc4c3-n2c2cc(C)c(C(C)(C)C)cc2n4-c2c(C)cc(C)cc2C)c(C)c1. The second kappa shape index (κ2) is 14.7. The van der Waals surface area contributed by atoms with Crippen LogP contribution in [0, 0.1) is 55.4 Å². The predicted octanol–water partition coefficient (Wildman–Crippen LogP) is 14.9. The molecule has 0 atom stereocenters. The van der Waals surface area contributed by atoms with E-state index >= 15 is 0 Å². The summed E-state index contributed by atoms with van der Waals surface area (Å²) in [6, 6.07) is 41.7. The third kappa shape index (κ3) is 6.76. The lowest BCUT2D eigenvalue weighted by Gasteiger charge is -2.30. The Balaban J connectivity index is 1.59. The molecule has 0 bridgehead atoms. The summed E-state index contributed by atoms with van der Waals surface area (Å²) in [5.74, 6) is 0. The highest BCUT2D eigenvalue weighted by molar-refractivity contribution is 6.10. The van der Waals surface area contributed by atoms with Crippen molar-refractivity contribution in [2.75, 3.05) is 5.32 Å². The van der Waals surface area contributed by atoms with Gasteiger partial charge in [0.2, 0.25) is 0 Å². The van der Waals surface area contributed by atoms with Crippen LogP contribution in [0.15, 0.2) is 109 Å². The molecular formula is C58H62N4. The van der Waals surface area contributed by atoms with Crippen molar-refractivity contribution in [1.29, 1.82) is 0 Å². The van der Waals surface area contributed by atoms with Crippen molar-refractivity contribution < 1.29 is 0 Å². The number of nitrogens with one attached hydrogen (secondary N) is 1. The van der Waals surface area contributed by atoms with Crippen LogP contribution in [0.1, 0.15) is 97.2 Å². The van der Waals surface area contributed by atoms with Gasteiger partial charge in [-0.3, -0.25) is 0 Å². The van der Waals surface area contributed by atoms with Crippen LogP contribution < -0.4 is 10.7 Å². The summed E-state index contributed by atoms with van der Waals surface area (Å²) >= 11 is 0. The minimum atomic E-state index is -0.129. The second-order valence-corrected chi connectivity index (χ2v) is 20.2. The molecule has 0 fully saturated rings. The molecule has 7 aromatic rings. The van der Waals surface area contributed by atoms with Crippen LogP contribution in [0.5, 0.6) is 0 Å². The molecule has 0 saturated carbocycles. The van der Waals surface area contributed by atoms with E-state index in [4.69, 9.17) is 0 Å². The number of benzene rings is 6. The molecule has 6 aromatic carbocycles. The van der Waals surface area contributed by atoms with Gasteiger partial charge in [-0.1, -0.05) is 113 Å². The minimum Gasteiger partial charge on any atom is -0.359 e. The lowest BCUT2D eigenvalue weighted by atomic mass is 9.83. The van der Waals surface area contributed by atoms with Gasteiger partial charge in [0.1, 0.15) is 0 Å². The molecule has 3 heterocycles. The van der Waals surface area contributed by atoms with E-state index in [2.05, 4.69) is 231 Å². The number of hydrogen-bond acceptors (Lipinski definition) is 1. The Morgan fingerprint density at radius 3 is 1.48 bits per heavy atom. The molecule has 0 saturated heterocycles. The Kier molecular flexibility index (Phi) is 9.74. The molecule has 62 heavy (non-hydrogen) atoms. The molecule has 314 valence electrons. The molecule has 4 nitrogen and oxygen atoms in total. The minimum absolute atomic E-state index is 0.0732. The highest BCUT2D eigenvalue weighted by atomic mass is 15.1. The van der Waals surface area contributed by atoms with Gasteiger partial charge in [0.05, 0.1) is 44.3 Å². The quantitative estimate of drug-likeness (QED) is 0.176. The van der Waals surface area contributed by atoms with Gasteiger partial charge in [0.15, 0.2) is 0 Å². The maximum atomic E-state index is 3.88. The number of nitrogens with zero attached hydrogens (tertiary/aromatic N) is 3. The lowest BCUT2D eigenvalue weighted by molar-refractivity contribution is 0.586. The highest BCUT2D eigenvalue weighted by Crippen LogP contribution is 2.41. The molecule has 0 amide bonds. The molecule has 0 aliphatic carbocycles. The topological polar surface area (TPSA) is 26.8 Å². The fourth-order valence-corrected chi connectivity index (χ4v) is 10.7. The molecular weight excluding hydrogens is 753 g/mol. The van der Waals surface area contributed by atoms with Crippen LogP contribution in [0.3, 0.4) is 0 Å². The summed E-state index contributed by atoms with van der Waals surface area (Å²) in [6.07, 6.45) is 2.25. The van der Waals surface area contributed by atoms with E-state index in [1.165, 1.54) is 99.7 Å². The summed E-state index contributed by atoms with van der Waals surface area (Å²) in [5, 5.41) is 8.66. The zero-order chi connectivity index (χ0) is 44.2. The summed E-state index contributed by atoms with van der Waals surface area (Å²) in [6.45, 7) is 32.0. The van der Waals surface area contributed by atoms with Gasteiger partial charge in [0, 0.05) is 33.7 Å². The number of hydrogen-bond donors (Lipinski definition) is 1. The summed E-state index contributed by atoms with van der Waals surface area (Å²) in [4.78, 5) is 0. The third-order valence-corrected chi connectivity index (χ3v) is 13.1. The third-order valence-electron chi connectivity index (χ3n) is 13.1. The van der Waals surface area contributed by atoms with E-state index in [9.17, 15) is 0 Å². The van der Waals surface area contributed by atoms with Crippen LogP contribution in [0.4, 0.5) is 5.69 Å². The van der Waals surface area contributed by atoms with Crippen molar-refractivity contribution in [3.05, 3.63) is 170 Å². The first kappa shape index (κ1) is 41.1. The second-order valence-electron chi connectivity index (χ2n) is 20.2. The van der Waals surface area contributed by atoms with Gasteiger partial charge in [-0.05, 0) is 159 Å². The van der Waals surface area contributed by atoms with Gasteiger partial charge in [-0.25, -0.2) is 0 Å². The number of para-hydroxylation sites is 2. The number of fused-ring (bicyclic) bond motifs is 5. The Hall–Kier alpha value is -6.26. The maximum Gasteiger partial charge on any atom is 0.0778 e. The fraction of sp³-hybridized carbons (Fsp3) is 0.276. The Bertz CT molecular complexity index is 3260. The zero-order valence-corrected chi connectivity index (χ0v) is 39.3. The van der Waals surface area contributed by atoms with Gasteiger partial charge in [0.25, 0.3) is 0 Å². The molecule has 0 spiro atoms. The van der Waals surface area contributed by atoms with E-state index in [0.717, 1.165) is 27.8 Å². The zero-order valence-electron chi connectivity index (χ0n) is 39.3. The standard InChI is InChI=1S/C58H62N4/c1-34-23-38(5)54(39(6)24-34)59-33-44-27-36(3)47(57(9,10)11)30-42-29-43(60-49-21-17-15-19-45(49)46-20-16-18-22-50(46)60)31-53-56(42)61(44)51-28-37(4)48(58(12,13)14)32-52(51)62(53)55-40(7)25-35(2)26-41(55)8/h15-33,59H,1-14H3/b36-27?,44-33-,47-30?. The van der Waals surface area contributed by atoms with Crippen LogP contribution in [-0.2, 0) is 10.8 Å². The smallest absolute Gasteiger partial charge is 0.0778 e. The van der Waals surface area contributed by atoms with Gasteiger partial charge < -0.3 is 19.0 Å².